The molecular weight excluding hydrogens is 264 g/mol. The minimum Gasteiger partial charge on any atom is -0.395 e. The Balaban J connectivity index is 2.02. The molecule has 0 aliphatic carbocycles. The smallest absolute Gasteiger partial charge is 0.142 e. The van der Waals surface area contributed by atoms with Crippen molar-refractivity contribution >= 4 is 11.0 Å². The summed E-state index contributed by atoms with van der Waals surface area (Å²) >= 11 is 0. The van der Waals surface area contributed by atoms with E-state index in [1.54, 1.807) is 6.20 Å². The van der Waals surface area contributed by atoms with E-state index in [1.165, 1.54) is 0 Å². The van der Waals surface area contributed by atoms with Crippen LogP contribution in [-0.4, -0.2) is 31.2 Å². The molecule has 0 amide bonds. The highest BCUT2D eigenvalue weighted by molar-refractivity contribution is 5.85. The molecule has 2 aliphatic heterocycles. The van der Waals surface area contributed by atoms with Crippen LogP contribution in [0.15, 0.2) is 48.8 Å². The molecule has 1 aromatic heterocycles. The van der Waals surface area contributed by atoms with Crippen LogP contribution in [-0.2, 0) is 6.54 Å². The van der Waals surface area contributed by atoms with Gasteiger partial charge in [-0.3, -0.25) is 0 Å². The summed E-state index contributed by atoms with van der Waals surface area (Å²) < 4.78 is 2.05. The van der Waals surface area contributed by atoms with E-state index in [0.29, 0.717) is 6.54 Å². The number of aliphatic hydroxyl groups excluding tert-OH is 1. The predicted octanol–water partition coefficient (Wildman–Crippen LogP) is 2.52. The van der Waals surface area contributed by atoms with Crippen molar-refractivity contribution in [1.82, 2.24) is 19.5 Å². The van der Waals surface area contributed by atoms with Crippen LogP contribution in [0, 0.1) is 0 Å². The highest BCUT2D eigenvalue weighted by Gasteiger charge is 2.17. The maximum atomic E-state index is 9.38. The molecule has 5 heteroatoms. The van der Waals surface area contributed by atoms with Crippen molar-refractivity contribution in [3.63, 3.8) is 0 Å². The van der Waals surface area contributed by atoms with E-state index in [4.69, 9.17) is 4.98 Å². The summed E-state index contributed by atoms with van der Waals surface area (Å²) in [6, 6.07) is 11.9. The maximum Gasteiger partial charge on any atom is 0.142 e. The summed E-state index contributed by atoms with van der Waals surface area (Å²) in [5.41, 5.74) is 4.02. The molecule has 0 radical (unpaired) electrons. The molecule has 0 saturated carbocycles. The number of nitrogens with zero attached hydrogens (tertiary/aromatic N) is 3. The monoisotopic (exact) mass is 278 g/mol. The summed E-state index contributed by atoms with van der Waals surface area (Å²) in [4.78, 5) is 12.2. The van der Waals surface area contributed by atoms with Gasteiger partial charge in [0.1, 0.15) is 11.6 Å². The van der Waals surface area contributed by atoms with E-state index in [0.717, 1.165) is 33.8 Å². The first-order valence-corrected chi connectivity index (χ1v) is 6.87. The zero-order chi connectivity index (χ0) is 14.2. The Hall–Kier alpha value is -2.66. The van der Waals surface area contributed by atoms with E-state index >= 15 is 0 Å². The lowest BCUT2D eigenvalue weighted by Gasteiger charge is -2.10. The van der Waals surface area contributed by atoms with Gasteiger partial charge in [0.05, 0.1) is 17.6 Å². The molecule has 104 valence electrons. The first-order chi connectivity index (χ1) is 10.4. The Morgan fingerprint density at radius 2 is 2.00 bits per heavy atom. The third kappa shape index (κ3) is 1.82. The number of aromatic amines is 1. The van der Waals surface area contributed by atoms with Gasteiger partial charge < -0.3 is 14.7 Å². The largest absolute Gasteiger partial charge is 0.395 e. The van der Waals surface area contributed by atoms with Gasteiger partial charge in [-0.25, -0.2) is 9.97 Å². The molecule has 4 rings (SSSR count). The fourth-order valence-corrected chi connectivity index (χ4v) is 2.76. The second kappa shape index (κ2) is 4.71. The molecule has 0 fully saturated rings. The molecule has 0 spiro atoms. The van der Waals surface area contributed by atoms with Gasteiger partial charge >= 0.3 is 0 Å². The fraction of sp³-hybridized carbons (Fsp3) is 0.125. The van der Waals surface area contributed by atoms with Gasteiger partial charge in [0.2, 0.25) is 0 Å². The molecular formula is C16H14N4O. The van der Waals surface area contributed by atoms with Crippen LogP contribution in [0.2, 0.25) is 0 Å². The second-order valence-corrected chi connectivity index (χ2v) is 4.90. The van der Waals surface area contributed by atoms with Gasteiger partial charge in [-0.05, 0) is 24.3 Å². The Bertz CT molecular complexity index is 877. The minimum atomic E-state index is 0.0781. The van der Waals surface area contributed by atoms with Gasteiger partial charge in [0.25, 0.3) is 0 Å². The van der Waals surface area contributed by atoms with Crippen LogP contribution in [0.3, 0.4) is 0 Å². The number of aromatic nitrogens is 4. The van der Waals surface area contributed by atoms with Gasteiger partial charge in [-0.15, -0.1) is 0 Å². The molecule has 1 aromatic carbocycles. The molecule has 0 bridgehead atoms. The van der Waals surface area contributed by atoms with E-state index in [2.05, 4.69) is 14.5 Å². The SMILES string of the molecule is OCCn1c(-c2cc[nH]c3nccc2-3)nc2ccccc21. The quantitative estimate of drug-likeness (QED) is 0.605. The number of aliphatic hydroxyl groups is 1. The second-order valence-electron chi connectivity index (χ2n) is 4.90. The van der Waals surface area contributed by atoms with Gasteiger partial charge in [0.15, 0.2) is 0 Å². The summed E-state index contributed by atoms with van der Waals surface area (Å²) in [6.07, 6.45) is 3.65. The van der Waals surface area contributed by atoms with Crippen molar-refractivity contribution in [2.24, 2.45) is 0 Å². The van der Waals surface area contributed by atoms with E-state index in [1.807, 2.05) is 42.6 Å². The highest BCUT2D eigenvalue weighted by Crippen LogP contribution is 2.32. The lowest BCUT2D eigenvalue weighted by Crippen LogP contribution is -2.05. The van der Waals surface area contributed by atoms with Gasteiger partial charge in [-0.1, -0.05) is 12.1 Å². The molecule has 2 aromatic rings. The number of nitrogens with one attached hydrogen (secondary N) is 1. The summed E-state index contributed by atoms with van der Waals surface area (Å²) in [6.45, 7) is 0.596. The van der Waals surface area contributed by atoms with Crippen LogP contribution in [0.5, 0.6) is 0 Å². The van der Waals surface area contributed by atoms with Crippen molar-refractivity contribution in [3.05, 3.63) is 48.8 Å². The zero-order valence-electron chi connectivity index (χ0n) is 11.3. The van der Waals surface area contributed by atoms with Crippen LogP contribution in [0.1, 0.15) is 0 Å². The molecule has 0 unspecified atom stereocenters. The Kier molecular flexibility index (Phi) is 2.72. The molecule has 5 nitrogen and oxygen atoms in total. The zero-order valence-corrected chi connectivity index (χ0v) is 11.3. The Labute approximate surface area is 121 Å². The summed E-state index contributed by atoms with van der Waals surface area (Å²) in [5, 5.41) is 9.38. The van der Waals surface area contributed by atoms with Gasteiger partial charge in [-0.2, -0.15) is 0 Å². The first kappa shape index (κ1) is 12.1. The Morgan fingerprint density at radius 1 is 1.10 bits per heavy atom. The third-order valence-electron chi connectivity index (χ3n) is 3.68. The number of H-pyrrole nitrogens is 1. The van der Waals surface area contributed by atoms with Crippen LogP contribution < -0.4 is 0 Å². The number of pyridine rings is 1. The molecule has 2 N–H and O–H groups in total. The van der Waals surface area contributed by atoms with E-state index < -0.39 is 0 Å². The lowest BCUT2D eigenvalue weighted by atomic mass is 10.1. The fourth-order valence-electron chi connectivity index (χ4n) is 2.76. The highest BCUT2D eigenvalue weighted by atomic mass is 16.3. The number of imidazole rings is 1. The average Bonchev–Trinajstić information content (AvgIpc) is 3.12. The van der Waals surface area contributed by atoms with Crippen LogP contribution in [0.25, 0.3) is 33.8 Å². The van der Waals surface area contributed by atoms with Crippen molar-refractivity contribution in [2.45, 2.75) is 6.54 Å². The predicted molar refractivity (Wildman–Crippen MR) is 81.0 cm³/mol. The lowest BCUT2D eigenvalue weighted by molar-refractivity contribution is 0.278. The molecule has 2 aliphatic rings. The molecule has 3 heterocycles. The van der Waals surface area contributed by atoms with Crippen LogP contribution >= 0.6 is 0 Å². The third-order valence-corrected chi connectivity index (χ3v) is 3.68. The van der Waals surface area contributed by atoms with Gasteiger partial charge in [0, 0.05) is 30.1 Å². The average molecular weight is 278 g/mol. The topological polar surface area (TPSA) is 66.7 Å². The van der Waals surface area contributed by atoms with E-state index in [-0.39, 0.29) is 6.61 Å². The molecule has 0 saturated heterocycles. The van der Waals surface area contributed by atoms with Crippen molar-refractivity contribution < 1.29 is 5.11 Å². The standard InChI is InChI=1S/C16H14N4O/c21-10-9-20-14-4-2-1-3-13(14)19-16(20)12-6-8-18-15-11(12)5-7-17-15/h1-8,21H,9-10H2,(H,17,18). The summed E-state index contributed by atoms with van der Waals surface area (Å²) in [7, 11) is 0. The number of hydrogen-bond acceptors (Lipinski definition) is 3. The van der Waals surface area contributed by atoms with Crippen molar-refractivity contribution in [1.29, 1.82) is 0 Å². The van der Waals surface area contributed by atoms with Crippen molar-refractivity contribution in [3.8, 4) is 22.8 Å². The number of rotatable bonds is 3. The number of fused-ring (bicyclic) bond motifs is 2. The number of hydrogen-bond donors (Lipinski definition) is 2. The minimum absolute atomic E-state index is 0.0781. The summed E-state index contributed by atoms with van der Waals surface area (Å²) in [5.74, 6) is 1.70. The number of para-hydroxylation sites is 2. The maximum absolute atomic E-state index is 9.38. The molecule has 0 atom stereocenters. The number of benzene rings is 1. The Morgan fingerprint density at radius 3 is 2.90 bits per heavy atom. The van der Waals surface area contributed by atoms with Crippen molar-refractivity contribution in [2.75, 3.05) is 6.61 Å². The first-order valence-electron chi connectivity index (χ1n) is 6.87. The van der Waals surface area contributed by atoms with Crippen LogP contribution in [0.4, 0.5) is 0 Å². The molecule has 21 heavy (non-hydrogen) atoms. The van der Waals surface area contributed by atoms with E-state index in [9.17, 15) is 5.11 Å². The normalized spacial score (nSPS) is 11.5.